The number of aryl methyl sites for hydroxylation is 1. The molecule has 3 rings (SSSR count). The van der Waals surface area contributed by atoms with Crippen LogP contribution >= 0.6 is 0 Å². The highest BCUT2D eigenvalue weighted by molar-refractivity contribution is 5.78. The summed E-state index contributed by atoms with van der Waals surface area (Å²) < 4.78 is 1.76. The van der Waals surface area contributed by atoms with Crippen molar-refractivity contribution in [2.45, 2.75) is 26.2 Å². The molecular formula is C20H20N2O. The lowest BCUT2D eigenvalue weighted by Crippen LogP contribution is -2.25. The molecule has 0 amide bonds. The zero-order chi connectivity index (χ0) is 16.4. The molecule has 0 saturated heterocycles. The van der Waals surface area contributed by atoms with Crippen molar-refractivity contribution in [2.75, 3.05) is 0 Å². The zero-order valence-electron chi connectivity index (χ0n) is 13.5. The number of hydrogen-bond donors (Lipinski definition) is 0. The molecule has 0 aliphatic heterocycles. The van der Waals surface area contributed by atoms with Crippen molar-refractivity contribution < 1.29 is 0 Å². The monoisotopic (exact) mass is 304 g/mol. The standard InChI is InChI=1S/C20H20N2O/c1-4-9-15(3)19-21-17-12-7-6-11-16(17)20(23)22(19)18-13-8-5-10-14(18)2/h4-8,10-13,15H,1,9H2,2-3H3/t15-/m0/s1. The summed E-state index contributed by atoms with van der Waals surface area (Å²) in [5, 5.41) is 0.644. The van der Waals surface area contributed by atoms with Crippen molar-refractivity contribution in [3.63, 3.8) is 0 Å². The second-order valence-electron chi connectivity index (χ2n) is 5.84. The molecule has 0 bridgehead atoms. The van der Waals surface area contributed by atoms with Gasteiger partial charge >= 0.3 is 0 Å². The SMILES string of the molecule is C=CC[C@H](C)c1nc2ccccc2c(=O)n1-c1ccccc1C. The number of para-hydroxylation sites is 2. The van der Waals surface area contributed by atoms with E-state index in [-0.39, 0.29) is 11.5 Å². The number of benzene rings is 2. The van der Waals surface area contributed by atoms with E-state index in [0.717, 1.165) is 29.0 Å². The van der Waals surface area contributed by atoms with Crippen LogP contribution in [0.25, 0.3) is 16.6 Å². The molecule has 0 saturated carbocycles. The van der Waals surface area contributed by atoms with Crippen molar-refractivity contribution in [3.8, 4) is 5.69 Å². The number of allylic oxidation sites excluding steroid dienone is 1. The topological polar surface area (TPSA) is 34.9 Å². The Balaban J connectivity index is 2.40. The molecule has 0 radical (unpaired) electrons. The van der Waals surface area contributed by atoms with Gasteiger partial charge in [-0.15, -0.1) is 6.58 Å². The van der Waals surface area contributed by atoms with Crippen LogP contribution < -0.4 is 5.56 Å². The largest absolute Gasteiger partial charge is 0.268 e. The average Bonchev–Trinajstić information content (AvgIpc) is 2.56. The second kappa shape index (κ2) is 6.21. The van der Waals surface area contributed by atoms with Gasteiger partial charge in [-0.25, -0.2) is 4.98 Å². The molecule has 3 heteroatoms. The Labute approximate surface area is 135 Å². The molecule has 116 valence electrons. The Kier molecular flexibility index (Phi) is 4.11. The van der Waals surface area contributed by atoms with Crippen LogP contribution in [-0.4, -0.2) is 9.55 Å². The fourth-order valence-electron chi connectivity index (χ4n) is 2.88. The predicted octanol–water partition coefficient (Wildman–Crippen LogP) is 4.37. The molecule has 0 aliphatic rings. The molecule has 0 unspecified atom stereocenters. The van der Waals surface area contributed by atoms with Crippen LogP contribution in [0.15, 0.2) is 66.0 Å². The summed E-state index contributed by atoms with van der Waals surface area (Å²) in [4.78, 5) is 17.9. The average molecular weight is 304 g/mol. The fraction of sp³-hybridized carbons (Fsp3) is 0.200. The highest BCUT2D eigenvalue weighted by Gasteiger charge is 2.17. The summed E-state index contributed by atoms with van der Waals surface area (Å²) in [6, 6.07) is 15.4. The third kappa shape index (κ3) is 2.70. The van der Waals surface area contributed by atoms with Crippen molar-refractivity contribution in [2.24, 2.45) is 0 Å². The van der Waals surface area contributed by atoms with Gasteiger partial charge in [0.1, 0.15) is 5.82 Å². The maximum atomic E-state index is 13.1. The highest BCUT2D eigenvalue weighted by Crippen LogP contribution is 2.23. The summed E-state index contributed by atoms with van der Waals surface area (Å²) in [6.07, 6.45) is 2.64. The molecule has 3 nitrogen and oxygen atoms in total. The van der Waals surface area contributed by atoms with E-state index in [4.69, 9.17) is 4.98 Å². The molecule has 2 aromatic carbocycles. The Bertz CT molecular complexity index is 924. The van der Waals surface area contributed by atoms with Crippen LogP contribution in [-0.2, 0) is 0 Å². The Morgan fingerprint density at radius 2 is 1.87 bits per heavy atom. The van der Waals surface area contributed by atoms with Gasteiger partial charge < -0.3 is 0 Å². The van der Waals surface area contributed by atoms with E-state index in [1.807, 2.05) is 61.5 Å². The molecule has 0 aliphatic carbocycles. The maximum absolute atomic E-state index is 13.1. The lowest BCUT2D eigenvalue weighted by molar-refractivity contribution is 0.676. The predicted molar refractivity (Wildman–Crippen MR) is 95.3 cm³/mol. The van der Waals surface area contributed by atoms with Crippen LogP contribution in [0.3, 0.4) is 0 Å². The van der Waals surface area contributed by atoms with E-state index in [1.54, 1.807) is 4.57 Å². The minimum absolute atomic E-state index is 0.0178. The van der Waals surface area contributed by atoms with Gasteiger partial charge in [-0.2, -0.15) is 0 Å². The van der Waals surface area contributed by atoms with Gasteiger partial charge in [0.15, 0.2) is 0 Å². The Morgan fingerprint density at radius 1 is 1.17 bits per heavy atom. The van der Waals surface area contributed by atoms with E-state index < -0.39 is 0 Å². The summed E-state index contributed by atoms with van der Waals surface area (Å²) >= 11 is 0. The lowest BCUT2D eigenvalue weighted by Gasteiger charge is -2.19. The van der Waals surface area contributed by atoms with E-state index in [2.05, 4.69) is 13.5 Å². The van der Waals surface area contributed by atoms with Gasteiger partial charge in [-0.1, -0.05) is 43.3 Å². The summed E-state index contributed by atoms with van der Waals surface area (Å²) in [6.45, 7) is 7.90. The summed E-state index contributed by atoms with van der Waals surface area (Å²) in [5.41, 5.74) is 2.67. The summed E-state index contributed by atoms with van der Waals surface area (Å²) in [7, 11) is 0. The van der Waals surface area contributed by atoms with Crippen molar-refractivity contribution in [3.05, 3.63) is 82.9 Å². The number of nitrogens with zero attached hydrogens (tertiary/aromatic N) is 2. The van der Waals surface area contributed by atoms with Gasteiger partial charge in [0.2, 0.25) is 0 Å². The minimum atomic E-state index is -0.0178. The van der Waals surface area contributed by atoms with Crippen LogP contribution in [0, 0.1) is 6.92 Å². The lowest BCUT2D eigenvalue weighted by atomic mass is 10.1. The van der Waals surface area contributed by atoms with E-state index in [1.165, 1.54) is 0 Å². The van der Waals surface area contributed by atoms with Gasteiger partial charge in [0, 0.05) is 5.92 Å². The molecule has 1 heterocycles. The number of rotatable bonds is 4. The first-order valence-corrected chi connectivity index (χ1v) is 7.82. The normalized spacial score (nSPS) is 12.3. The quantitative estimate of drug-likeness (QED) is 0.671. The van der Waals surface area contributed by atoms with Crippen LogP contribution in [0.1, 0.15) is 30.7 Å². The smallest absolute Gasteiger partial charge is 0.265 e. The van der Waals surface area contributed by atoms with E-state index in [0.29, 0.717) is 5.39 Å². The molecule has 1 aromatic heterocycles. The Hall–Kier alpha value is -2.68. The fourth-order valence-corrected chi connectivity index (χ4v) is 2.88. The first kappa shape index (κ1) is 15.2. The summed E-state index contributed by atoms with van der Waals surface area (Å²) in [5.74, 6) is 0.896. The third-order valence-corrected chi connectivity index (χ3v) is 4.12. The van der Waals surface area contributed by atoms with Gasteiger partial charge in [-0.05, 0) is 37.1 Å². The highest BCUT2D eigenvalue weighted by atomic mass is 16.1. The van der Waals surface area contributed by atoms with Gasteiger partial charge in [0.25, 0.3) is 5.56 Å². The van der Waals surface area contributed by atoms with Crippen LogP contribution in [0.5, 0.6) is 0 Å². The number of fused-ring (bicyclic) bond motifs is 1. The van der Waals surface area contributed by atoms with Crippen molar-refractivity contribution >= 4 is 10.9 Å². The van der Waals surface area contributed by atoms with Crippen LogP contribution in [0.4, 0.5) is 0 Å². The van der Waals surface area contributed by atoms with Gasteiger partial charge in [0.05, 0.1) is 16.6 Å². The maximum Gasteiger partial charge on any atom is 0.265 e. The van der Waals surface area contributed by atoms with Crippen molar-refractivity contribution in [1.82, 2.24) is 9.55 Å². The molecule has 0 spiro atoms. The minimum Gasteiger partial charge on any atom is -0.268 e. The van der Waals surface area contributed by atoms with E-state index >= 15 is 0 Å². The molecule has 3 aromatic rings. The molecule has 0 fully saturated rings. The van der Waals surface area contributed by atoms with E-state index in [9.17, 15) is 4.79 Å². The first-order chi connectivity index (χ1) is 11.1. The van der Waals surface area contributed by atoms with Gasteiger partial charge in [-0.3, -0.25) is 9.36 Å². The Morgan fingerprint density at radius 3 is 2.61 bits per heavy atom. The third-order valence-electron chi connectivity index (χ3n) is 4.12. The first-order valence-electron chi connectivity index (χ1n) is 7.82. The number of hydrogen-bond acceptors (Lipinski definition) is 2. The second-order valence-corrected chi connectivity index (χ2v) is 5.84. The van der Waals surface area contributed by atoms with Crippen molar-refractivity contribution in [1.29, 1.82) is 0 Å². The molecule has 23 heavy (non-hydrogen) atoms. The van der Waals surface area contributed by atoms with Crippen LogP contribution in [0.2, 0.25) is 0 Å². The molecular weight excluding hydrogens is 284 g/mol. The zero-order valence-corrected chi connectivity index (χ0v) is 13.5. The number of aromatic nitrogens is 2. The molecule has 0 N–H and O–H groups in total. The molecule has 1 atom stereocenters.